The third-order valence-electron chi connectivity index (χ3n) is 1.73. The van der Waals surface area contributed by atoms with Crippen LogP contribution >= 0.6 is 0 Å². The van der Waals surface area contributed by atoms with Crippen molar-refractivity contribution in [2.24, 2.45) is 0 Å². The molecule has 0 unspecified atom stereocenters. The third kappa shape index (κ3) is 2.00. The number of benzene rings is 1. The number of H-pyrrole nitrogens is 1. The zero-order valence-electron chi connectivity index (χ0n) is 7.74. The lowest BCUT2D eigenvalue weighted by Gasteiger charge is -2.03. The van der Waals surface area contributed by atoms with Gasteiger partial charge in [0.25, 0.3) is 11.7 Å². The number of tetrazole rings is 1. The zero-order chi connectivity index (χ0) is 11.5. The van der Waals surface area contributed by atoms with Crippen LogP contribution in [-0.4, -0.2) is 26.5 Å². The van der Waals surface area contributed by atoms with Gasteiger partial charge in [0.15, 0.2) is 0 Å². The van der Waals surface area contributed by atoms with Gasteiger partial charge in [-0.05, 0) is 17.3 Å². The highest BCUT2D eigenvalue weighted by Gasteiger charge is 2.13. The molecule has 2 N–H and O–H groups in total. The van der Waals surface area contributed by atoms with Crippen molar-refractivity contribution in [3.8, 4) is 0 Å². The number of carbonyl (C=O) groups is 1. The van der Waals surface area contributed by atoms with Gasteiger partial charge in [-0.2, -0.15) is 5.21 Å². The fourth-order valence-corrected chi connectivity index (χ4v) is 1.03. The Hall–Kier alpha value is -2.38. The van der Waals surface area contributed by atoms with E-state index in [2.05, 4.69) is 25.9 Å². The van der Waals surface area contributed by atoms with Gasteiger partial charge in [-0.3, -0.25) is 4.79 Å². The minimum absolute atomic E-state index is 0.156. The predicted molar refractivity (Wildman–Crippen MR) is 48.5 cm³/mol. The first kappa shape index (κ1) is 10.1. The molecule has 0 aliphatic rings. The smallest absolute Gasteiger partial charge is 0.297 e. The molecule has 82 valence electrons. The highest BCUT2D eigenvalue weighted by molar-refractivity contribution is 6.01. The topological polar surface area (TPSA) is 83.6 Å². The minimum atomic E-state index is -0.878. The highest BCUT2D eigenvalue weighted by Crippen LogP contribution is 2.15. The lowest BCUT2D eigenvalue weighted by molar-refractivity contribution is 0.101. The summed E-state index contributed by atoms with van der Waals surface area (Å²) >= 11 is 0. The molecule has 1 aromatic carbocycles. The molecule has 0 spiro atoms. The Morgan fingerprint density at radius 2 is 2.19 bits per heavy atom. The second-order valence-electron chi connectivity index (χ2n) is 2.81. The first-order valence-electron chi connectivity index (χ1n) is 4.16. The molecule has 1 amide bonds. The molecule has 0 atom stereocenters. The van der Waals surface area contributed by atoms with Crippen LogP contribution < -0.4 is 5.32 Å². The second-order valence-corrected chi connectivity index (χ2v) is 2.81. The summed E-state index contributed by atoms with van der Waals surface area (Å²) in [5.74, 6) is -2.57. The summed E-state index contributed by atoms with van der Waals surface area (Å²) in [4.78, 5) is 11.4. The van der Waals surface area contributed by atoms with Crippen LogP contribution in [0.4, 0.5) is 14.5 Å². The molecule has 0 bridgehead atoms. The number of nitrogens with zero attached hydrogens (tertiary/aromatic N) is 3. The third-order valence-corrected chi connectivity index (χ3v) is 1.73. The van der Waals surface area contributed by atoms with Crippen LogP contribution in [0.2, 0.25) is 0 Å². The quantitative estimate of drug-likeness (QED) is 0.789. The minimum Gasteiger partial charge on any atom is -0.317 e. The van der Waals surface area contributed by atoms with Crippen LogP contribution in [0.5, 0.6) is 0 Å². The van der Waals surface area contributed by atoms with E-state index in [1.807, 2.05) is 0 Å². The number of rotatable bonds is 2. The molecule has 1 aromatic heterocycles. The van der Waals surface area contributed by atoms with E-state index in [0.717, 1.165) is 12.1 Å². The number of hydrogen-bond acceptors (Lipinski definition) is 4. The van der Waals surface area contributed by atoms with Gasteiger partial charge in [0.1, 0.15) is 11.6 Å². The predicted octanol–water partition coefficient (Wildman–Crippen LogP) is 0.730. The van der Waals surface area contributed by atoms with Crippen LogP contribution in [0.25, 0.3) is 0 Å². The number of nitrogens with one attached hydrogen (secondary N) is 2. The molecule has 8 heteroatoms. The standard InChI is InChI=1S/C8H5F2N5O/c9-4-1-2-6(5(10)3-4)11-8(16)7-12-14-15-13-7/h1-3H,(H,11,16)(H,12,13,14,15). The van der Waals surface area contributed by atoms with Crippen LogP contribution in [0.1, 0.15) is 10.6 Å². The maximum atomic E-state index is 13.1. The van der Waals surface area contributed by atoms with Crippen LogP contribution in [0.3, 0.4) is 0 Å². The van der Waals surface area contributed by atoms with Gasteiger partial charge in [-0.15, -0.1) is 10.2 Å². The maximum Gasteiger partial charge on any atom is 0.297 e. The number of aromatic amines is 1. The van der Waals surface area contributed by atoms with Crippen molar-refractivity contribution in [3.63, 3.8) is 0 Å². The van der Waals surface area contributed by atoms with E-state index in [1.165, 1.54) is 0 Å². The van der Waals surface area contributed by atoms with Crippen LogP contribution in [-0.2, 0) is 0 Å². The normalized spacial score (nSPS) is 10.1. The number of carbonyl (C=O) groups excluding carboxylic acids is 1. The van der Waals surface area contributed by atoms with Gasteiger partial charge in [-0.25, -0.2) is 8.78 Å². The number of amides is 1. The molecule has 0 fully saturated rings. The van der Waals surface area contributed by atoms with Gasteiger partial charge in [0.2, 0.25) is 0 Å². The SMILES string of the molecule is O=C(Nc1ccc(F)cc1F)c1nn[nH]n1. The number of anilines is 1. The zero-order valence-corrected chi connectivity index (χ0v) is 7.74. The Kier molecular flexibility index (Phi) is 2.54. The first-order valence-corrected chi connectivity index (χ1v) is 4.16. The molecule has 6 nitrogen and oxygen atoms in total. The summed E-state index contributed by atoms with van der Waals surface area (Å²) in [6.45, 7) is 0. The lowest BCUT2D eigenvalue weighted by Crippen LogP contribution is -2.14. The van der Waals surface area contributed by atoms with Crippen molar-refractivity contribution in [2.45, 2.75) is 0 Å². The molecule has 0 saturated heterocycles. The molecule has 1 heterocycles. The van der Waals surface area contributed by atoms with Crippen molar-refractivity contribution in [3.05, 3.63) is 35.7 Å². The molecule has 2 rings (SSSR count). The van der Waals surface area contributed by atoms with Gasteiger partial charge in [-0.1, -0.05) is 0 Å². The molecule has 2 aromatic rings. The van der Waals surface area contributed by atoms with E-state index in [9.17, 15) is 13.6 Å². The summed E-state index contributed by atoms with van der Waals surface area (Å²) in [5.41, 5.74) is -0.156. The molecular weight excluding hydrogens is 220 g/mol. The highest BCUT2D eigenvalue weighted by atomic mass is 19.1. The molecule has 0 radical (unpaired) electrons. The number of halogens is 2. The Balaban J connectivity index is 2.18. The molecule has 0 aliphatic heterocycles. The number of aromatic nitrogens is 4. The summed E-state index contributed by atoms with van der Waals surface area (Å²) in [7, 11) is 0. The Morgan fingerprint density at radius 1 is 1.38 bits per heavy atom. The van der Waals surface area contributed by atoms with E-state index in [4.69, 9.17) is 0 Å². The van der Waals surface area contributed by atoms with Gasteiger partial charge >= 0.3 is 0 Å². The van der Waals surface area contributed by atoms with Gasteiger partial charge < -0.3 is 5.32 Å². The molecular formula is C8H5F2N5O. The fraction of sp³-hybridized carbons (Fsp3) is 0. The largest absolute Gasteiger partial charge is 0.317 e. The van der Waals surface area contributed by atoms with E-state index < -0.39 is 17.5 Å². The average Bonchev–Trinajstić information content (AvgIpc) is 2.75. The summed E-state index contributed by atoms with van der Waals surface area (Å²) in [6.07, 6.45) is 0. The Labute approximate surface area is 87.7 Å². The Morgan fingerprint density at radius 3 is 2.81 bits per heavy atom. The summed E-state index contributed by atoms with van der Waals surface area (Å²) in [6, 6.07) is 2.78. The van der Waals surface area contributed by atoms with Crippen molar-refractivity contribution in [1.82, 2.24) is 20.6 Å². The fourth-order valence-electron chi connectivity index (χ4n) is 1.03. The summed E-state index contributed by atoms with van der Waals surface area (Å²) < 4.78 is 25.7. The van der Waals surface area contributed by atoms with E-state index in [-0.39, 0.29) is 11.5 Å². The second kappa shape index (κ2) is 4.01. The van der Waals surface area contributed by atoms with Crippen LogP contribution in [0, 0.1) is 11.6 Å². The van der Waals surface area contributed by atoms with E-state index in [1.54, 1.807) is 0 Å². The maximum absolute atomic E-state index is 13.1. The van der Waals surface area contributed by atoms with Crippen LogP contribution in [0.15, 0.2) is 18.2 Å². The lowest BCUT2D eigenvalue weighted by atomic mass is 10.3. The van der Waals surface area contributed by atoms with E-state index in [0.29, 0.717) is 6.07 Å². The first-order chi connectivity index (χ1) is 7.66. The van der Waals surface area contributed by atoms with Crippen molar-refractivity contribution in [1.29, 1.82) is 0 Å². The van der Waals surface area contributed by atoms with Gasteiger partial charge in [0, 0.05) is 6.07 Å². The monoisotopic (exact) mass is 225 g/mol. The van der Waals surface area contributed by atoms with E-state index >= 15 is 0 Å². The summed E-state index contributed by atoms with van der Waals surface area (Å²) in [5, 5.41) is 14.2. The van der Waals surface area contributed by atoms with Crippen molar-refractivity contribution in [2.75, 3.05) is 5.32 Å². The van der Waals surface area contributed by atoms with Crippen molar-refractivity contribution >= 4 is 11.6 Å². The Bertz CT molecular complexity index is 513. The molecule has 16 heavy (non-hydrogen) atoms. The van der Waals surface area contributed by atoms with Gasteiger partial charge in [0.05, 0.1) is 5.69 Å². The molecule has 0 saturated carbocycles. The number of hydrogen-bond donors (Lipinski definition) is 2. The van der Waals surface area contributed by atoms with Crippen molar-refractivity contribution < 1.29 is 13.6 Å². The average molecular weight is 225 g/mol. The molecule has 0 aliphatic carbocycles.